The molecule has 0 aliphatic rings. The standard InChI is InChI=1S/C37H30N.CH3.K/c1-37(2,3)29-17-19-30(20-18-29)38-34-22-16-27(31-9-4-5-10-33(31)34)23-28-14-13-26-12-11-24-7-6-8-25-15-21-32(28)36(26)35(24)25;;/h4-23,38H,1-3H3;1H3;/q2*-1;+1. The first kappa shape index (κ1) is 28.7. The van der Waals surface area contributed by atoms with E-state index in [1.165, 1.54) is 59.8 Å². The predicted molar refractivity (Wildman–Crippen MR) is 171 cm³/mol. The molecule has 7 aromatic carbocycles. The molecule has 0 aliphatic carbocycles. The first-order chi connectivity index (χ1) is 18.5. The fraction of sp³-hybridized carbons (Fsp3) is 0.105. The van der Waals surface area contributed by atoms with E-state index in [9.17, 15) is 0 Å². The molecule has 7 rings (SSSR count). The molecule has 0 amide bonds. The van der Waals surface area contributed by atoms with Crippen molar-refractivity contribution in [1.82, 2.24) is 0 Å². The summed E-state index contributed by atoms with van der Waals surface area (Å²) in [7, 11) is 0. The number of fused-ring (bicyclic) bond motifs is 1. The van der Waals surface area contributed by atoms with E-state index in [1.54, 1.807) is 0 Å². The topological polar surface area (TPSA) is 12.0 Å². The van der Waals surface area contributed by atoms with Gasteiger partial charge < -0.3 is 12.7 Å². The molecule has 0 atom stereocenters. The number of nitrogens with one attached hydrogen (secondary N) is 1. The number of benzene rings is 7. The van der Waals surface area contributed by atoms with Crippen LogP contribution >= 0.6 is 0 Å². The monoisotopic (exact) mass is 542 g/mol. The van der Waals surface area contributed by atoms with E-state index in [4.69, 9.17) is 0 Å². The van der Waals surface area contributed by atoms with Gasteiger partial charge in [0.25, 0.3) is 0 Å². The first-order valence-corrected chi connectivity index (χ1v) is 13.4. The molecule has 0 heterocycles. The normalized spacial score (nSPS) is 11.5. The van der Waals surface area contributed by atoms with Crippen LogP contribution < -0.4 is 56.7 Å². The van der Waals surface area contributed by atoms with Gasteiger partial charge in [-0.25, -0.2) is 0 Å². The van der Waals surface area contributed by atoms with Crippen molar-refractivity contribution in [3.05, 3.63) is 146 Å². The SMILES string of the molecule is CC(C)(C)c1ccc(Nc2ccc([CH-]c3ccc4ccc5cccc6ccc3c4c56)c3ccccc23)cc1.[CH3-].[K+]. The van der Waals surface area contributed by atoms with Crippen LogP contribution in [0.1, 0.15) is 37.5 Å². The Labute approximate surface area is 280 Å². The van der Waals surface area contributed by atoms with Crippen LogP contribution in [-0.4, -0.2) is 0 Å². The van der Waals surface area contributed by atoms with E-state index >= 15 is 0 Å². The van der Waals surface area contributed by atoms with Crippen molar-refractivity contribution in [1.29, 1.82) is 0 Å². The van der Waals surface area contributed by atoms with Crippen LogP contribution in [-0.2, 0) is 5.41 Å². The Morgan fingerprint density at radius 1 is 0.525 bits per heavy atom. The number of anilines is 2. The smallest absolute Gasteiger partial charge is 0.358 e. The Balaban J connectivity index is 0.00000161. The van der Waals surface area contributed by atoms with Crippen molar-refractivity contribution in [2.75, 3.05) is 5.32 Å². The van der Waals surface area contributed by atoms with E-state index in [-0.39, 0.29) is 64.2 Å². The Kier molecular flexibility index (Phi) is 8.03. The van der Waals surface area contributed by atoms with Gasteiger partial charge in [-0.05, 0) is 55.4 Å². The van der Waals surface area contributed by atoms with Gasteiger partial charge in [0.1, 0.15) is 0 Å². The van der Waals surface area contributed by atoms with Crippen molar-refractivity contribution in [3.63, 3.8) is 0 Å². The van der Waals surface area contributed by atoms with Crippen LogP contribution in [0.4, 0.5) is 11.4 Å². The summed E-state index contributed by atoms with van der Waals surface area (Å²) in [6.07, 6.45) is 2.34. The quantitative estimate of drug-likeness (QED) is 0.136. The number of hydrogen-bond donors (Lipinski definition) is 1. The molecule has 0 saturated heterocycles. The summed E-state index contributed by atoms with van der Waals surface area (Å²) in [5, 5.41) is 14.0. The maximum atomic E-state index is 3.67. The molecule has 0 spiro atoms. The van der Waals surface area contributed by atoms with Gasteiger partial charge >= 0.3 is 51.4 Å². The molecular formula is C38H33KN-. The summed E-state index contributed by atoms with van der Waals surface area (Å²) >= 11 is 0. The fourth-order valence-electron chi connectivity index (χ4n) is 5.82. The molecule has 0 bridgehead atoms. The molecule has 1 nitrogen and oxygen atoms in total. The molecule has 2 heteroatoms. The third-order valence-corrected chi connectivity index (χ3v) is 7.86. The molecule has 0 aliphatic heterocycles. The summed E-state index contributed by atoms with van der Waals surface area (Å²) in [6, 6.07) is 42.1. The van der Waals surface area contributed by atoms with Gasteiger partial charge in [0.15, 0.2) is 0 Å². The van der Waals surface area contributed by atoms with Crippen molar-refractivity contribution >= 4 is 54.5 Å². The van der Waals surface area contributed by atoms with Gasteiger partial charge in [0, 0.05) is 11.4 Å². The average Bonchev–Trinajstić information content (AvgIpc) is 2.93. The van der Waals surface area contributed by atoms with E-state index in [1.807, 2.05) is 0 Å². The Morgan fingerprint density at radius 3 is 1.80 bits per heavy atom. The predicted octanol–water partition coefficient (Wildman–Crippen LogP) is 7.83. The van der Waals surface area contributed by atoms with Crippen LogP contribution in [0.5, 0.6) is 0 Å². The van der Waals surface area contributed by atoms with Gasteiger partial charge in [-0.3, -0.25) is 0 Å². The van der Waals surface area contributed by atoms with Crippen molar-refractivity contribution in [3.8, 4) is 0 Å². The second-order valence-corrected chi connectivity index (χ2v) is 11.4. The minimum absolute atomic E-state index is 0. The zero-order chi connectivity index (χ0) is 25.9. The van der Waals surface area contributed by atoms with Gasteiger partial charge in [-0.2, -0.15) is 0 Å². The van der Waals surface area contributed by atoms with Crippen LogP contribution in [0, 0.1) is 13.8 Å². The fourth-order valence-corrected chi connectivity index (χ4v) is 5.82. The summed E-state index contributed by atoms with van der Waals surface area (Å²) in [5.74, 6) is 0. The molecule has 0 fully saturated rings. The second kappa shape index (κ2) is 11.2. The van der Waals surface area contributed by atoms with E-state index in [2.05, 4.69) is 148 Å². The Morgan fingerprint density at radius 2 is 1.10 bits per heavy atom. The molecule has 0 saturated carbocycles. The Hall–Kier alpha value is -2.85. The third-order valence-electron chi connectivity index (χ3n) is 7.86. The maximum absolute atomic E-state index is 3.67. The molecule has 7 aromatic rings. The second-order valence-electron chi connectivity index (χ2n) is 11.4. The zero-order valence-electron chi connectivity index (χ0n) is 24.0. The van der Waals surface area contributed by atoms with Gasteiger partial charge in [-0.15, -0.1) is 29.7 Å². The largest absolute Gasteiger partial charge is 1.00 e. The van der Waals surface area contributed by atoms with E-state index in [0.717, 1.165) is 11.4 Å². The zero-order valence-corrected chi connectivity index (χ0v) is 27.2. The van der Waals surface area contributed by atoms with Gasteiger partial charge in [-0.1, -0.05) is 123 Å². The minimum Gasteiger partial charge on any atom is -0.358 e. The summed E-state index contributed by atoms with van der Waals surface area (Å²) < 4.78 is 0. The van der Waals surface area contributed by atoms with Crippen LogP contribution in [0.3, 0.4) is 0 Å². The summed E-state index contributed by atoms with van der Waals surface area (Å²) in [4.78, 5) is 0. The number of rotatable bonds is 4. The van der Waals surface area contributed by atoms with Gasteiger partial charge in [0.2, 0.25) is 0 Å². The summed E-state index contributed by atoms with van der Waals surface area (Å²) in [5.41, 5.74) is 6.19. The minimum atomic E-state index is 0. The first-order valence-electron chi connectivity index (χ1n) is 13.4. The van der Waals surface area contributed by atoms with Crippen molar-refractivity contribution < 1.29 is 51.4 Å². The third kappa shape index (κ3) is 5.04. The average molecular weight is 543 g/mol. The Bertz CT molecular complexity index is 1930. The molecule has 0 unspecified atom stereocenters. The van der Waals surface area contributed by atoms with Crippen molar-refractivity contribution in [2.45, 2.75) is 26.2 Å². The number of hydrogen-bond acceptors (Lipinski definition) is 1. The summed E-state index contributed by atoms with van der Waals surface area (Å²) in [6.45, 7) is 6.75. The molecule has 0 aromatic heterocycles. The van der Waals surface area contributed by atoms with Gasteiger partial charge in [0.05, 0.1) is 0 Å². The van der Waals surface area contributed by atoms with Crippen LogP contribution in [0.25, 0.3) is 43.1 Å². The van der Waals surface area contributed by atoms with E-state index < -0.39 is 0 Å². The molecule has 40 heavy (non-hydrogen) atoms. The maximum Gasteiger partial charge on any atom is 1.00 e. The molecule has 192 valence electrons. The van der Waals surface area contributed by atoms with E-state index in [0.29, 0.717) is 0 Å². The molecular weight excluding hydrogens is 510 g/mol. The molecule has 0 radical (unpaired) electrons. The van der Waals surface area contributed by atoms with Crippen LogP contribution in [0.15, 0.2) is 115 Å². The molecule has 1 N–H and O–H groups in total. The van der Waals surface area contributed by atoms with Crippen LogP contribution in [0.2, 0.25) is 0 Å². The van der Waals surface area contributed by atoms with Crippen molar-refractivity contribution in [2.24, 2.45) is 0 Å².